The third-order valence-electron chi connectivity index (χ3n) is 4.54. The van der Waals surface area contributed by atoms with Crippen LogP contribution in [-0.2, 0) is 17.9 Å². The van der Waals surface area contributed by atoms with Crippen molar-refractivity contribution in [1.29, 1.82) is 5.26 Å². The average Bonchev–Trinajstić information content (AvgIpc) is 3.30. The van der Waals surface area contributed by atoms with Crippen molar-refractivity contribution in [1.82, 2.24) is 9.78 Å². The highest BCUT2D eigenvalue weighted by Crippen LogP contribution is 2.30. The zero-order chi connectivity index (χ0) is 20.4. The van der Waals surface area contributed by atoms with E-state index in [9.17, 15) is 4.79 Å². The number of esters is 1. The van der Waals surface area contributed by atoms with Gasteiger partial charge in [0.2, 0.25) is 0 Å². The minimum Gasteiger partial charge on any atom is -0.457 e. The number of aromatic nitrogens is 2. The number of ether oxygens (including phenoxy) is 1. The summed E-state index contributed by atoms with van der Waals surface area (Å²) in [5.41, 5.74) is 3.23. The molecule has 2 aromatic heterocycles. The minimum atomic E-state index is -0.376. The quantitative estimate of drug-likeness (QED) is 0.408. The molecule has 0 aliphatic rings. The topological polar surface area (TPSA) is 67.9 Å². The number of nitriles is 1. The molecule has 0 fully saturated rings. The van der Waals surface area contributed by atoms with Crippen LogP contribution >= 0.6 is 22.9 Å². The van der Waals surface area contributed by atoms with Crippen molar-refractivity contribution in [3.63, 3.8) is 0 Å². The molecule has 0 saturated carbocycles. The Hall–Kier alpha value is -3.14. The first-order valence-electron chi connectivity index (χ1n) is 8.91. The summed E-state index contributed by atoms with van der Waals surface area (Å²) in [5, 5.41) is 15.1. The van der Waals surface area contributed by atoms with Gasteiger partial charge in [-0.15, -0.1) is 11.3 Å². The van der Waals surface area contributed by atoms with Crippen molar-refractivity contribution in [3.8, 4) is 6.07 Å². The van der Waals surface area contributed by atoms with Crippen molar-refractivity contribution in [2.45, 2.75) is 20.1 Å². The predicted molar refractivity (Wildman–Crippen MR) is 113 cm³/mol. The molecular formula is C22H16ClN3O2S. The molecule has 0 spiro atoms. The number of hydrogen-bond donors (Lipinski definition) is 0. The van der Waals surface area contributed by atoms with Crippen LogP contribution in [0, 0.1) is 18.3 Å². The summed E-state index contributed by atoms with van der Waals surface area (Å²) in [5.74, 6) is -0.376. The van der Waals surface area contributed by atoms with Gasteiger partial charge in [-0.3, -0.25) is 4.68 Å². The molecule has 0 aliphatic carbocycles. The number of rotatable bonds is 5. The van der Waals surface area contributed by atoms with Gasteiger partial charge in [0.25, 0.3) is 0 Å². The van der Waals surface area contributed by atoms with Gasteiger partial charge in [0.1, 0.15) is 16.3 Å². The summed E-state index contributed by atoms with van der Waals surface area (Å²) in [7, 11) is 0. The molecule has 144 valence electrons. The van der Waals surface area contributed by atoms with E-state index in [4.69, 9.17) is 21.6 Å². The summed E-state index contributed by atoms with van der Waals surface area (Å²) < 4.78 is 7.31. The SMILES string of the molecule is Cc1nn(Cc2ccccc2Cl)c2sc(C(=O)OCc3ccc(C#N)cc3)cc12. The third-order valence-corrected chi connectivity index (χ3v) is 6.04. The number of benzene rings is 2. The first-order valence-corrected chi connectivity index (χ1v) is 10.1. The van der Waals surface area contributed by atoms with Gasteiger partial charge in [-0.2, -0.15) is 10.4 Å². The summed E-state index contributed by atoms with van der Waals surface area (Å²) in [6.07, 6.45) is 0. The second-order valence-corrected chi connectivity index (χ2v) is 7.99. The monoisotopic (exact) mass is 421 g/mol. The smallest absolute Gasteiger partial charge is 0.348 e. The molecule has 5 nitrogen and oxygen atoms in total. The number of halogens is 1. The maximum Gasteiger partial charge on any atom is 0.348 e. The van der Waals surface area contributed by atoms with E-state index in [0.717, 1.165) is 27.0 Å². The molecule has 0 unspecified atom stereocenters. The highest BCUT2D eigenvalue weighted by molar-refractivity contribution is 7.20. The van der Waals surface area contributed by atoms with Crippen LogP contribution in [0.3, 0.4) is 0 Å². The molecule has 4 aromatic rings. The number of aryl methyl sites for hydroxylation is 1. The number of carbonyl (C=O) groups is 1. The van der Waals surface area contributed by atoms with Crippen LogP contribution in [0.5, 0.6) is 0 Å². The van der Waals surface area contributed by atoms with E-state index >= 15 is 0 Å². The number of nitrogens with zero attached hydrogens (tertiary/aromatic N) is 3. The lowest BCUT2D eigenvalue weighted by Crippen LogP contribution is -2.04. The third kappa shape index (κ3) is 4.02. The van der Waals surface area contributed by atoms with Crippen molar-refractivity contribution in [3.05, 3.63) is 86.9 Å². The predicted octanol–water partition coefficient (Wildman–Crippen LogP) is 5.34. The zero-order valence-corrected chi connectivity index (χ0v) is 17.1. The number of thiophene rings is 1. The molecule has 0 radical (unpaired) electrons. The Labute approximate surface area is 176 Å². The molecule has 0 saturated heterocycles. The van der Waals surface area contributed by atoms with Gasteiger partial charge in [0.15, 0.2) is 0 Å². The zero-order valence-electron chi connectivity index (χ0n) is 15.6. The Balaban J connectivity index is 1.53. The average molecular weight is 422 g/mol. The number of hydrogen-bond acceptors (Lipinski definition) is 5. The summed E-state index contributed by atoms with van der Waals surface area (Å²) in [6.45, 7) is 2.61. The lowest BCUT2D eigenvalue weighted by Gasteiger charge is -2.05. The molecule has 0 amide bonds. The van der Waals surface area contributed by atoms with E-state index in [2.05, 4.69) is 11.2 Å². The van der Waals surface area contributed by atoms with Crippen LogP contribution in [0.15, 0.2) is 54.6 Å². The van der Waals surface area contributed by atoms with Crippen molar-refractivity contribution >= 4 is 39.1 Å². The van der Waals surface area contributed by atoms with Crippen LogP contribution in [0.25, 0.3) is 10.2 Å². The first kappa shape index (κ1) is 19.2. The Morgan fingerprint density at radius 3 is 2.72 bits per heavy atom. The van der Waals surface area contributed by atoms with Crippen molar-refractivity contribution in [2.75, 3.05) is 0 Å². The van der Waals surface area contributed by atoms with Gasteiger partial charge in [-0.05, 0) is 42.3 Å². The number of carbonyl (C=O) groups excluding carboxylic acids is 1. The number of fused-ring (bicyclic) bond motifs is 1. The standard InChI is InChI=1S/C22H16ClN3O2S/c1-14-18-10-20(22(27)28-13-16-8-6-15(11-24)7-9-16)29-21(18)26(25-14)12-17-4-2-3-5-19(17)23/h2-10H,12-13H2,1H3. The Morgan fingerprint density at radius 1 is 1.24 bits per heavy atom. The van der Waals surface area contributed by atoms with Crippen LogP contribution in [0.4, 0.5) is 0 Å². The summed E-state index contributed by atoms with van der Waals surface area (Å²) in [4.78, 5) is 14.0. The Morgan fingerprint density at radius 2 is 2.00 bits per heavy atom. The van der Waals surface area contributed by atoms with Crippen LogP contribution in [0.2, 0.25) is 5.02 Å². The fourth-order valence-electron chi connectivity index (χ4n) is 3.00. The molecule has 7 heteroatoms. The highest BCUT2D eigenvalue weighted by atomic mass is 35.5. The molecule has 0 N–H and O–H groups in total. The van der Waals surface area contributed by atoms with E-state index in [0.29, 0.717) is 22.0 Å². The van der Waals surface area contributed by atoms with Crippen molar-refractivity contribution in [2.24, 2.45) is 0 Å². The molecule has 2 aromatic carbocycles. The molecule has 29 heavy (non-hydrogen) atoms. The fourth-order valence-corrected chi connectivity index (χ4v) is 4.25. The second kappa shape index (κ2) is 8.08. The van der Waals surface area contributed by atoms with Crippen LogP contribution < -0.4 is 0 Å². The van der Waals surface area contributed by atoms with Crippen LogP contribution in [-0.4, -0.2) is 15.7 Å². The molecule has 0 atom stereocenters. The molecule has 4 rings (SSSR count). The van der Waals surface area contributed by atoms with Gasteiger partial charge >= 0.3 is 5.97 Å². The molecular weight excluding hydrogens is 406 g/mol. The lowest BCUT2D eigenvalue weighted by molar-refractivity contribution is 0.0478. The minimum absolute atomic E-state index is 0.156. The van der Waals surface area contributed by atoms with E-state index in [1.807, 2.05) is 41.9 Å². The molecule has 0 aliphatic heterocycles. The highest BCUT2D eigenvalue weighted by Gasteiger charge is 2.18. The normalized spacial score (nSPS) is 10.8. The van der Waals surface area contributed by atoms with Gasteiger partial charge in [-0.25, -0.2) is 4.79 Å². The first-order chi connectivity index (χ1) is 14.0. The van der Waals surface area contributed by atoms with Gasteiger partial charge in [0, 0.05) is 10.4 Å². The maximum atomic E-state index is 12.5. The molecule has 0 bridgehead atoms. The Bertz CT molecular complexity index is 1240. The second-order valence-electron chi connectivity index (χ2n) is 6.55. The van der Waals surface area contributed by atoms with Crippen LogP contribution in [0.1, 0.15) is 32.1 Å². The van der Waals surface area contributed by atoms with E-state index in [1.165, 1.54) is 11.3 Å². The Kier molecular flexibility index (Phi) is 5.34. The van der Waals surface area contributed by atoms with E-state index in [1.54, 1.807) is 24.3 Å². The lowest BCUT2D eigenvalue weighted by atomic mass is 10.2. The van der Waals surface area contributed by atoms with Gasteiger partial charge in [0.05, 0.1) is 23.9 Å². The summed E-state index contributed by atoms with van der Waals surface area (Å²) >= 11 is 7.64. The maximum absolute atomic E-state index is 12.5. The van der Waals surface area contributed by atoms with Gasteiger partial charge < -0.3 is 4.74 Å². The van der Waals surface area contributed by atoms with E-state index < -0.39 is 0 Å². The fraction of sp³-hybridized carbons (Fsp3) is 0.136. The largest absolute Gasteiger partial charge is 0.457 e. The molecule has 2 heterocycles. The summed E-state index contributed by atoms with van der Waals surface area (Å²) in [6, 6.07) is 18.5. The van der Waals surface area contributed by atoms with Crippen molar-refractivity contribution < 1.29 is 9.53 Å². The van der Waals surface area contributed by atoms with E-state index in [-0.39, 0.29) is 12.6 Å². The van der Waals surface area contributed by atoms with Gasteiger partial charge in [-0.1, -0.05) is 41.9 Å².